The molecule has 0 aromatic heterocycles. The summed E-state index contributed by atoms with van der Waals surface area (Å²) in [5.41, 5.74) is 1.28. The van der Waals surface area contributed by atoms with Gasteiger partial charge in [-0.15, -0.1) is 0 Å². The first-order valence-electron chi connectivity index (χ1n) is 6.25. The highest BCUT2D eigenvalue weighted by Crippen LogP contribution is 2.02. The molecule has 1 amide bonds. The molecule has 1 aromatic carbocycles. The Labute approximate surface area is 109 Å². The van der Waals surface area contributed by atoms with Gasteiger partial charge in [0.2, 0.25) is 5.91 Å². The monoisotopic (exact) mass is 250 g/mol. The van der Waals surface area contributed by atoms with Gasteiger partial charge in [0.15, 0.2) is 0 Å². The average molecular weight is 250 g/mol. The first kappa shape index (κ1) is 14.7. The van der Waals surface area contributed by atoms with Crippen LogP contribution in [-0.4, -0.2) is 38.8 Å². The molecule has 0 fully saturated rings. The third kappa shape index (κ3) is 6.37. The Hall–Kier alpha value is -1.39. The molecule has 1 unspecified atom stereocenters. The molecule has 1 rings (SSSR count). The fourth-order valence-corrected chi connectivity index (χ4v) is 1.66. The van der Waals surface area contributed by atoms with Gasteiger partial charge >= 0.3 is 0 Å². The Balaban J connectivity index is 2.17. The van der Waals surface area contributed by atoms with Gasteiger partial charge in [-0.2, -0.15) is 0 Å². The number of rotatable bonds is 8. The largest absolute Gasteiger partial charge is 0.383 e. The molecule has 4 heteroatoms. The zero-order chi connectivity index (χ0) is 13.2. The first-order chi connectivity index (χ1) is 8.72. The van der Waals surface area contributed by atoms with E-state index >= 15 is 0 Å². The van der Waals surface area contributed by atoms with Crippen molar-refractivity contribution in [2.75, 3.05) is 26.8 Å². The third-order valence-electron chi connectivity index (χ3n) is 2.62. The summed E-state index contributed by atoms with van der Waals surface area (Å²) in [5, 5.41) is 5.98. The summed E-state index contributed by atoms with van der Waals surface area (Å²) in [6.45, 7) is 3.53. The number of carbonyl (C=O) groups excluding carboxylic acids is 1. The van der Waals surface area contributed by atoms with E-state index in [0.29, 0.717) is 19.7 Å². The summed E-state index contributed by atoms with van der Waals surface area (Å²) in [7, 11) is 1.62. The molecule has 0 aliphatic rings. The fraction of sp³-hybridized carbons (Fsp3) is 0.500. The van der Waals surface area contributed by atoms with E-state index in [1.54, 1.807) is 7.11 Å². The van der Waals surface area contributed by atoms with Crippen LogP contribution in [0.25, 0.3) is 0 Å². The lowest BCUT2D eigenvalue weighted by Crippen LogP contribution is -2.39. The van der Waals surface area contributed by atoms with Gasteiger partial charge in [0.05, 0.1) is 13.2 Å². The predicted octanol–water partition coefficient (Wildman–Crippen LogP) is 0.970. The van der Waals surface area contributed by atoms with Crippen LogP contribution in [-0.2, 0) is 16.0 Å². The second kappa shape index (κ2) is 8.66. The van der Waals surface area contributed by atoms with E-state index in [2.05, 4.69) is 29.7 Å². The van der Waals surface area contributed by atoms with Crippen molar-refractivity contribution >= 4 is 5.91 Å². The van der Waals surface area contributed by atoms with Gasteiger partial charge in [-0.05, 0) is 18.9 Å². The Bertz CT molecular complexity index is 341. The van der Waals surface area contributed by atoms with Crippen molar-refractivity contribution < 1.29 is 9.53 Å². The van der Waals surface area contributed by atoms with Crippen molar-refractivity contribution in [1.29, 1.82) is 0 Å². The molecule has 4 nitrogen and oxygen atoms in total. The highest BCUT2D eigenvalue weighted by molar-refractivity contribution is 5.77. The number of hydrogen-bond donors (Lipinski definition) is 2. The second-order valence-corrected chi connectivity index (χ2v) is 4.31. The summed E-state index contributed by atoms with van der Waals surface area (Å²) >= 11 is 0. The molecule has 2 N–H and O–H groups in total. The second-order valence-electron chi connectivity index (χ2n) is 4.31. The lowest BCUT2D eigenvalue weighted by atomic mass is 10.1. The number of ether oxygens (including phenoxy) is 1. The molecule has 0 aliphatic heterocycles. The standard InChI is InChI=1S/C14H22N2O2/c1-12(10-13-6-4-3-5-7-13)16-11-14(17)15-8-9-18-2/h3-7,12,16H,8-11H2,1-2H3,(H,15,17). The fourth-order valence-electron chi connectivity index (χ4n) is 1.66. The highest BCUT2D eigenvalue weighted by atomic mass is 16.5. The zero-order valence-corrected chi connectivity index (χ0v) is 11.1. The van der Waals surface area contributed by atoms with E-state index in [4.69, 9.17) is 4.74 Å². The molecule has 0 aliphatic carbocycles. The number of hydrogen-bond acceptors (Lipinski definition) is 3. The summed E-state index contributed by atoms with van der Waals surface area (Å²) in [6, 6.07) is 10.5. The van der Waals surface area contributed by atoms with Crippen molar-refractivity contribution in [3.05, 3.63) is 35.9 Å². The van der Waals surface area contributed by atoms with Crippen LogP contribution in [0.1, 0.15) is 12.5 Å². The molecule has 0 heterocycles. The molecular weight excluding hydrogens is 228 g/mol. The highest BCUT2D eigenvalue weighted by Gasteiger charge is 2.05. The van der Waals surface area contributed by atoms with E-state index in [-0.39, 0.29) is 11.9 Å². The van der Waals surface area contributed by atoms with Crippen molar-refractivity contribution in [1.82, 2.24) is 10.6 Å². The predicted molar refractivity (Wildman–Crippen MR) is 72.5 cm³/mol. The molecule has 0 radical (unpaired) electrons. The number of amides is 1. The van der Waals surface area contributed by atoms with E-state index in [1.165, 1.54) is 5.56 Å². The lowest BCUT2D eigenvalue weighted by molar-refractivity contribution is -0.120. The molecule has 0 saturated heterocycles. The summed E-state index contributed by atoms with van der Waals surface area (Å²) in [4.78, 5) is 11.4. The maximum atomic E-state index is 11.4. The molecule has 0 saturated carbocycles. The van der Waals surface area contributed by atoms with Gasteiger partial charge in [-0.25, -0.2) is 0 Å². The Morgan fingerprint density at radius 2 is 2.06 bits per heavy atom. The topological polar surface area (TPSA) is 50.4 Å². The zero-order valence-electron chi connectivity index (χ0n) is 11.1. The van der Waals surface area contributed by atoms with Crippen molar-refractivity contribution in [2.45, 2.75) is 19.4 Å². The normalized spacial score (nSPS) is 12.1. The van der Waals surface area contributed by atoms with E-state index in [1.807, 2.05) is 18.2 Å². The number of methoxy groups -OCH3 is 1. The van der Waals surface area contributed by atoms with Crippen LogP contribution in [0.15, 0.2) is 30.3 Å². The van der Waals surface area contributed by atoms with Gasteiger partial charge in [-0.1, -0.05) is 30.3 Å². The summed E-state index contributed by atoms with van der Waals surface area (Å²) in [6.07, 6.45) is 0.923. The number of carbonyl (C=O) groups is 1. The van der Waals surface area contributed by atoms with Crippen LogP contribution in [0.4, 0.5) is 0 Å². The van der Waals surface area contributed by atoms with Crippen molar-refractivity contribution in [3.63, 3.8) is 0 Å². The Morgan fingerprint density at radius 3 is 2.72 bits per heavy atom. The van der Waals surface area contributed by atoms with Crippen LogP contribution >= 0.6 is 0 Å². The van der Waals surface area contributed by atoms with Gasteiger partial charge in [0.25, 0.3) is 0 Å². The average Bonchev–Trinajstić information content (AvgIpc) is 2.38. The Morgan fingerprint density at radius 1 is 1.33 bits per heavy atom. The van der Waals surface area contributed by atoms with Gasteiger partial charge < -0.3 is 15.4 Å². The van der Waals surface area contributed by atoms with Gasteiger partial charge in [0.1, 0.15) is 0 Å². The number of nitrogens with one attached hydrogen (secondary N) is 2. The molecule has 100 valence electrons. The Kier molecular flexibility index (Phi) is 7.06. The van der Waals surface area contributed by atoms with E-state index < -0.39 is 0 Å². The van der Waals surface area contributed by atoms with Crippen LogP contribution in [0.3, 0.4) is 0 Å². The van der Waals surface area contributed by atoms with Gasteiger partial charge in [0, 0.05) is 19.7 Å². The van der Waals surface area contributed by atoms with Crippen LogP contribution in [0, 0.1) is 0 Å². The van der Waals surface area contributed by atoms with Crippen molar-refractivity contribution in [3.8, 4) is 0 Å². The van der Waals surface area contributed by atoms with Crippen LogP contribution in [0.2, 0.25) is 0 Å². The molecular formula is C14H22N2O2. The minimum absolute atomic E-state index is 0.00645. The maximum Gasteiger partial charge on any atom is 0.234 e. The SMILES string of the molecule is COCCNC(=O)CNC(C)Cc1ccccc1. The van der Waals surface area contributed by atoms with Crippen LogP contribution in [0.5, 0.6) is 0 Å². The first-order valence-corrected chi connectivity index (χ1v) is 6.25. The van der Waals surface area contributed by atoms with E-state index in [9.17, 15) is 4.79 Å². The molecule has 18 heavy (non-hydrogen) atoms. The summed E-state index contributed by atoms with van der Waals surface area (Å²) in [5.74, 6) is 0.00645. The maximum absolute atomic E-state index is 11.4. The summed E-state index contributed by atoms with van der Waals surface area (Å²) < 4.78 is 4.86. The molecule has 1 atom stereocenters. The molecule has 0 spiro atoms. The van der Waals surface area contributed by atoms with Crippen molar-refractivity contribution in [2.24, 2.45) is 0 Å². The smallest absolute Gasteiger partial charge is 0.234 e. The van der Waals surface area contributed by atoms with Gasteiger partial charge in [-0.3, -0.25) is 4.79 Å². The lowest BCUT2D eigenvalue weighted by Gasteiger charge is -2.13. The van der Waals surface area contributed by atoms with Crippen LogP contribution < -0.4 is 10.6 Å². The number of benzene rings is 1. The molecule has 0 bridgehead atoms. The molecule has 1 aromatic rings. The third-order valence-corrected chi connectivity index (χ3v) is 2.62. The van der Waals surface area contributed by atoms with E-state index in [0.717, 1.165) is 6.42 Å². The quantitative estimate of drug-likeness (QED) is 0.676. The minimum atomic E-state index is 0.00645. The minimum Gasteiger partial charge on any atom is -0.383 e.